The number of hydrogen-bond acceptors (Lipinski definition) is 4. The number of benzene rings is 1. The number of methoxy groups -OCH3 is 1. The van der Waals surface area contributed by atoms with Crippen molar-refractivity contribution in [1.29, 1.82) is 0 Å². The first-order valence-electron chi connectivity index (χ1n) is 6.17. The van der Waals surface area contributed by atoms with Crippen LogP contribution in [0.3, 0.4) is 0 Å². The lowest BCUT2D eigenvalue weighted by atomic mass is 10.0. The monoisotopic (exact) mass is 282 g/mol. The van der Waals surface area contributed by atoms with Crippen molar-refractivity contribution >= 4 is 29.3 Å². The quantitative estimate of drug-likeness (QED) is 0.790. The summed E-state index contributed by atoms with van der Waals surface area (Å²) in [5.74, 6) is 3.30. The highest BCUT2D eigenvalue weighted by atomic mass is 32.2. The highest BCUT2D eigenvalue weighted by Gasteiger charge is 2.31. The van der Waals surface area contributed by atoms with Crippen LogP contribution in [0, 0.1) is 0 Å². The number of Topliss-reactive ketones (excluding diaryl/α,β-unsaturated/α-hetero) is 1. The predicted octanol–water partition coefficient (Wildman–Crippen LogP) is 3.51. The fourth-order valence-electron chi connectivity index (χ4n) is 2.07. The second kappa shape index (κ2) is 6.53. The van der Waals surface area contributed by atoms with Gasteiger partial charge in [0.2, 0.25) is 0 Å². The number of carbonyl (C=O) groups is 1. The molecule has 18 heavy (non-hydrogen) atoms. The van der Waals surface area contributed by atoms with Crippen LogP contribution in [0.2, 0.25) is 0 Å². The number of thioether (sulfide) groups is 2. The van der Waals surface area contributed by atoms with Crippen LogP contribution in [0.5, 0.6) is 5.75 Å². The summed E-state index contributed by atoms with van der Waals surface area (Å²) in [7, 11) is 1.64. The second-order valence-corrected chi connectivity index (χ2v) is 6.80. The number of carbonyl (C=O) groups excluding carboxylic acids is 1. The van der Waals surface area contributed by atoms with Gasteiger partial charge in [0.1, 0.15) is 5.75 Å². The van der Waals surface area contributed by atoms with Crippen LogP contribution < -0.4 is 4.74 Å². The molecule has 4 heteroatoms. The van der Waals surface area contributed by atoms with Gasteiger partial charge in [-0.25, -0.2) is 0 Å². The first-order chi connectivity index (χ1) is 8.76. The Bertz CT molecular complexity index is 403. The highest BCUT2D eigenvalue weighted by molar-refractivity contribution is 8.07. The summed E-state index contributed by atoms with van der Waals surface area (Å²) in [5, 5.41) is 0.570. The first-order valence-corrected chi connectivity index (χ1v) is 8.27. The van der Waals surface area contributed by atoms with E-state index in [9.17, 15) is 4.79 Å². The molecule has 1 saturated heterocycles. The minimum absolute atomic E-state index is 0.113. The minimum Gasteiger partial charge on any atom is -0.497 e. The van der Waals surface area contributed by atoms with Gasteiger partial charge in [-0.15, -0.1) is 11.8 Å². The van der Waals surface area contributed by atoms with Crippen molar-refractivity contribution in [3.63, 3.8) is 0 Å². The average molecular weight is 282 g/mol. The van der Waals surface area contributed by atoms with Crippen molar-refractivity contribution in [2.45, 2.75) is 23.8 Å². The normalized spacial score (nSPS) is 23.7. The molecule has 2 atom stereocenters. The van der Waals surface area contributed by atoms with Crippen LogP contribution in [-0.4, -0.2) is 34.9 Å². The molecule has 2 unspecified atom stereocenters. The SMILES string of the molecule is CCC1SCCSC1C(=O)c1ccc(OC)cc1. The van der Waals surface area contributed by atoms with Gasteiger partial charge in [-0.3, -0.25) is 4.79 Å². The zero-order valence-corrected chi connectivity index (χ0v) is 12.4. The van der Waals surface area contributed by atoms with Crippen molar-refractivity contribution in [2.75, 3.05) is 18.6 Å². The molecule has 0 saturated carbocycles. The van der Waals surface area contributed by atoms with Gasteiger partial charge in [0.25, 0.3) is 0 Å². The smallest absolute Gasteiger partial charge is 0.176 e. The Balaban J connectivity index is 2.13. The van der Waals surface area contributed by atoms with Gasteiger partial charge in [0.05, 0.1) is 12.4 Å². The minimum atomic E-state index is 0.113. The molecular formula is C14H18O2S2. The summed E-state index contributed by atoms with van der Waals surface area (Å²) >= 11 is 3.74. The molecule has 1 heterocycles. The van der Waals surface area contributed by atoms with Gasteiger partial charge in [-0.05, 0) is 30.7 Å². The van der Waals surface area contributed by atoms with E-state index < -0.39 is 0 Å². The lowest BCUT2D eigenvalue weighted by Gasteiger charge is -2.28. The molecule has 0 radical (unpaired) electrons. The van der Waals surface area contributed by atoms with Crippen LogP contribution in [0.4, 0.5) is 0 Å². The lowest BCUT2D eigenvalue weighted by Crippen LogP contribution is -2.32. The van der Waals surface area contributed by atoms with Gasteiger partial charge in [-0.2, -0.15) is 11.8 Å². The van der Waals surface area contributed by atoms with E-state index in [1.54, 1.807) is 7.11 Å². The number of hydrogen-bond donors (Lipinski definition) is 0. The van der Waals surface area contributed by atoms with Crippen LogP contribution in [-0.2, 0) is 0 Å². The molecule has 1 aromatic carbocycles. The third-order valence-electron chi connectivity index (χ3n) is 3.09. The fraction of sp³-hybridized carbons (Fsp3) is 0.500. The second-order valence-electron chi connectivity index (χ2n) is 4.20. The molecule has 0 aliphatic carbocycles. The largest absolute Gasteiger partial charge is 0.497 e. The van der Waals surface area contributed by atoms with Crippen LogP contribution in [0.1, 0.15) is 23.7 Å². The van der Waals surface area contributed by atoms with Crippen molar-refractivity contribution in [3.05, 3.63) is 29.8 Å². The van der Waals surface area contributed by atoms with Gasteiger partial charge >= 0.3 is 0 Å². The maximum atomic E-state index is 12.5. The molecule has 0 bridgehead atoms. The van der Waals surface area contributed by atoms with E-state index in [1.807, 2.05) is 47.8 Å². The Morgan fingerprint density at radius 3 is 2.56 bits per heavy atom. The van der Waals surface area contributed by atoms with Gasteiger partial charge < -0.3 is 4.74 Å². The molecule has 0 amide bonds. The molecule has 2 nitrogen and oxygen atoms in total. The third-order valence-corrected chi connectivity index (χ3v) is 6.33. The number of ketones is 1. The van der Waals surface area contributed by atoms with E-state index >= 15 is 0 Å². The predicted molar refractivity (Wildman–Crippen MR) is 80.1 cm³/mol. The Labute approximate surface area is 117 Å². The summed E-state index contributed by atoms with van der Waals surface area (Å²) in [4.78, 5) is 12.5. The van der Waals surface area contributed by atoms with Crippen molar-refractivity contribution in [3.8, 4) is 5.75 Å². The van der Waals surface area contributed by atoms with Crippen molar-refractivity contribution < 1.29 is 9.53 Å². The molecule has 1 aromatic rings. The molecule has 1 aliphatic heterocycles. The molecule has 98 valence electrons. The molecule has 2 rings (SSSR count). The molecular weight excluding hydrogens is 264 g/mol. The Morgan fingerprint density at radius 1 is 1.28 bits per heavy atom. The van der Waals surface area contributed by atoms with E-state index in [1.165, 1.54) is 0 Å². The Kier molecular flexibility index (Phi) is 5.01. The summed E-state index contributed by atoms with van der Waals surface area (Å²) in [5.41, 5.74) is 0.800. The van der Waals surface area contributed by atoms with E-state index in [4.69, 9.17) is 4.74 Å². The van der Waals surface area contributed by atoms with Gasteiger partial charge in [-0.1, -0.05) is 6.92 Å². The Morgan fingerprint density at radius 2 is 1.94 bits per heavy atom. The average Bonchev–Trinajstić information content (AvgIpc) is 2.46. The number of rotatable bonds is 4. The van der Waals surface area contributed by atoms with Gasteiger partial charge in [0, 0.05) is 22.3 Å². The van der Waals surface area contributed by atoms with Crippen LogP contribution in [0.15, 0.2) is 24.3 Å². The van der Waals surface area contributed by atoms with Gasteiger partial charge in [0.15, 0.2) is 5.78 Å². The van der Waals surface area contributed by atoms with Crippen LogP contribution in [0.25, 0.3) is 0 Å². The van der Waals surface area contributed by atoms with Crippen molar-refractivity contribution in [2.24, 2.45) is 0 Å². The molecule has 0 spiro atoms. The molecule has 0 N–H and O–H groups in total. The molecule has 1 aliphatic rings. The maximum Gasteiger partial charge on any atom is 0.176 e. The zero-order valence-electron chi connectivity index (χ0n) is 10.7. The molecule has 1 fully saturated rings. The van der Waals surface area contributed by atoms with Crippen molar-refractivity contribution in [1.82, 2.24) is 0 Å². The van der Waals surface area contributed by atoms with E-state index in [0.29, 0.717) is 5.25 Å². The standard InChI is InChI=1S/C14H18O2S2/c1-3-12-14(18-9-8-17-12)13(15)10-4-6-11(16-2)7-5-10/h4-7,12,14H,3,8-9H2,1-2H3. The maximum absolute atomic E-state index is 12.5. The molecule has 0 aromatic heterocycles. The third kappa shape index (κ3) is 3.04. The zero-order chi connectivity index (χ0) is 13.0. The Hall–Kier alpha value is -0.610. The first kappa shape index (κ1) is 13.8. The summed E-state index contributed by atoms with van der Waals surface area (Å²) < 4.78 is 5.12. The fourth-order valence-corrected chi connectivity index (χ4v) is 5.09. The topological polar surface area (TPSA) is 26.3 Å². The summed E-state index contributed by atoms with van der Waals surface area (Å²) in [6.45, 7) is 2.16. The van der Waals surface area contributed by atoms with E-state index in [2.05, 4.69) is 6.92 Å². The highest BCUT2D eigenvalue weighted by Crippen LogP contribution is 2.35. The van der Waals surface area contributed by atoms with E-state index in [0.717, 1.165) is 29.2 Å². The summed E-state index contributed by atoms with van der Waals surface area (Å²) in [6.07, 6.45) is 1.06. The van der Waals surface area contributed by atoms with Crippen LogP contribution >= 0.6 is 23.5 Å². The lowest BCUT2D eigenvalue weighted by molar-refractivity contribution is 0.0988. The number of ether oxygens (including phenoxy) is 1. The van der Waals surface area contributed by atoms with E-state index in [-0.39, 0.29) is 11.0 Å². The summed E-state index contributed by atoms with van der Waals surface area (Å²) in [6, 6.07) is 7.45.